The Bertz CT molecular complexity index is 615. The summed E-state index contributed by atoms with van der Waals surface area (Å²) in [6, 6.07) is 13.2. The van der Waals surface area contributed by atoms with Crippen molar-refractivity contribution >= 4 is 21.6 Å². The summed E-state index contributed by atoms with van der Waals surface area (Å²) in [5.74, 6) is -0.204. The van der Waals surface area contributed by atoms with Gasteiger partial charge in [-0.2, -0.15) is 0 Å². The molecule has 0 amide bonds. The van der Waals surface area contributed by atoms with Gasteiger partial charge in [0.25, 0.3) is 0 Å². The van der Waals surface area contributed by atoms with Crippen LogP contribution in [-0.2, 0) is 6.54 Å². The molecule has 2 aromatic carbocycles. The molecule has 0 heterocycles. The zero-order chi connectivity index (χ0) is 15.4. The van der Waals surface area contributed by atoms with Crippen LogP contribution in [0.25, 0.3) is 0 Å². The van der Waals surface area contributed by atoms with Crippen molar-refractivity contribution in [1.82, 2.24) is 5.32 Å². The van der Waals surface area contributed by atoms with E-state index in [1.54, 1.807) is 6.07 Å². The van der Waals surface area contributed by atoms with Crippen LogP contribution >= 0.6 is 15.9 Å². The summed E-state index contributed by atoms with van der Waals surface area (Å²) in [6.07, 6.45) is 0. The van der Waals surface area contributed by atoms with Crippen LogP contribution in [0.5, 0.6) is 0 Å². The molecule has 0 fully saturated rings. The van der Waals surface area contributed by atoms with Gasteiger partial charge >= 0.3 is 0 Å². The summed E-state index contributed by atoms with van der Waals surface area (Å²) < 4.78 is 14.6. The van der Waals surface area contributed by atoms with E-state index in [1.165, 1.54) is 11.6 Å². The van der Waals surface area contributed by atoms with E-state index < -0.39 is 0 Å². The lowest BCUT2D eigenvalue weighted by Crippen LogP contribution is -2.22. The molecule has 0 aromatic heterocycles. The Morgan fingerprint density at radius 1 is 1.24 bits per heavy atom. The Kier molecular flexibility index (Phi) is 5.37. The molecule has 4 heteroatoms. The Morgan fingerprint density at radius 3 is 2.62 bits per heavy atom. The van der Waals surface area contributed by atoms with Crippen LogP contribution in [0.1, 0.15) is 24.1 Å². The van der Waals surface area contributed by atoms with E-state index in [9.17, 15) is 4.39 Å². The zero-order valence-electron chi connectivity index (χ0n) is 12.5. The van der Waals surface area contributed by atoms with Crippen LogP contribution in [-0.4, -0.2) is 14.1 Å². The normalized spacial score (nSPS) is 12.2. The maximum Gasteiger partial charge on any atom is 0.123 e. The van der Waals surface area contributed by atoms with E-state index >= 15 is 0 Å². The van der Waals surface area contributed by atoms with Crippen LogP contribution in [0.2, 0.25) is 0 Å². The average molecular weight is 351 g/mol. The fourth-order valence-electron chi connectivity index (χ4n) is 2.34. The second kappa shape index (κ2) is 7.05. The van der Waals surface area contributed by atoms with Crippen LogP contribution in [0.3, 0.4) is 0 Å². The van der Waals surface area contributed by atoms with E-state index in [2.05, 4.69) is 32.2 Å². The van der Waals surface area contributed by atoms with Gasteiger partial charge in [0.1, 0.15) is 5.82 Å². The second-order valence-electron chi connectivity index (χ2n) is 5.16. The third-order valence-corrected chi connectivity index (χ3v) is 4.44. The van der Waals surface area contributed by atoms with Gasteiger partial charge in [0, 0.05) is 29.8 Å². The number of nitrogens with one attached hydrogen (secondary N) is 1. The van der Waals surface area contributed by atoms with Crippen LogP contribution < -0.4 is 10.2 Å². The molecular weight excluding hydrogens is 331 g/mol. The van der Waals surface area contributed by atoms with Gasteiger partial charge in [0.2, 0.25) is 0 Å². The highest BCUT2D eigenvalue weighted by molar-refractivity contribution is 9.10. The number of benzene rings is 2. The van der Waals surface area contributed by atoms with E-state index in [4.69, 9.17) is 0 Å². The Labute approximate surface area is 134 Å². The number of hydrogen-bond donors (Lipinski definition) is 1. The summed E-state index contributed by atoms with van der Waals surface area (Å²) in [5.41, 5.74) is 3.20. The van der Waals surface area contributed by atoms with Crippen LogP contribution in [0.15, 0.2) is 46.9 Å². The molecule has 2 aromatic rings. The van der Waals surface area contributed by atoms with Crippen molar-refractivity contribution in [2.45, 2.75) is 19.5 Å². The van der Waals surface area contributed by atoms with Gasteiger partial charge in [0.15, 0.2) is 0 Å². The summed E-state index contributed by atoms with van der Waals surface area (Å²) in [6.45, 7) is 2.79. The number of nitrogens with zero attached hydrogens (tertiary/aromatic N) is 1. The topological polar surface area (TPSA) is 15.3 Å². The minimum Gasteiger partial charge on any atom is -0.370 e. The highest BCUT2D eigenvalue weighted by Gasteiger charge is 2.14. The molecule has 1 unspecified atom stereocenters. The lowest BCUT2D eigenvalue weighted by molar-refractivity contribution is 0.607. The maximum atomic E-state index is 13.5. The molecule has 2 rings (SSSR count). The minimum absolute atomic E-state index is 0.0948. The van der Waals surface area contributed by atoms with Crippen molar-refractivity contribution in [3.05, 3.63) is 63.9 Å². The molecule has 0 bridgehead atoms. The van der Waals surface area contributed by atoms with E-state index in [1.807, 2.05) is 45.3 Å². The Hall–Kier alpha value is -1.39. The summed E-state index contributed by atoms with van der Waals surface area (Å²) >= 11 is 3.57. The molecule has 0 aliphatic heterocycles. The molecule has 1 N–H and O–H groups in total. The second-order valence-corrected chi connectivity index (χ2v) is 6.02. The van der Waals surface area contributed by atoms with E-state index in [0.717, 1.165) is 22.3 Å². The molecule has 112 valence electrons. The third-order valence-electron chi connectivity index (χ3n) is 3.67. The van der Waals surface area contributed by atoms with Gasteiger partial charge in [-0.05, 0) is 49.4 Å². The average Bonchev–Trinajstić information content (AvgIpc) is 2.48. The highest BCUT2D eigenvalue weighted by atomic mass is 79.9. The van der Waals surface area contributed by atoms with Crippen LogP contribution in [0, 0.1) is 5.82 Å². The molecule has 1 atom stereocenters. The molecule has 21 heavy (non-hydrogen) atoms. The fourth-order valence-corrected chi connectivity index (χ4v) is 2.75. The molecular formula is C17H20BrFN2. The molecule has 0 aliphatic carbocycles. The lowest BCUT2D eigenvalue weighted by atomic mass is 10.0. The first-order chi connectivity index (χ1) is 10.0. The number of anilines is 1. The first-order valence-electron chi connectivity index (χ1n) is 6.94. The van der Waals surface area contributed by atoms with Crippen molar-refractivity contribution in [3.8, 4) is 0 Å². The zero-order valence-corrected chi connectivity index (χ0v) is 14.1. The molecule has 0 saturated carbocycles. The summed E-state index contributed by atoms with van der Waals surface area (Å²) in [7, 11) is 3.91. The molecule has 0 radical (unpaired) electrons. The number of halogens is 2. The van der Waals surface area contributed by atoms with Gasteiger partial charge < -0.3 is 10.2 Å². The first kappa shape index (κ1) is 16.0. The first-order valence-corrected chi connectivity index (χ1v) is 7.73. The summed E-state index contributed by atoms with van der Waals surface area (Å²) in [4.78, 5) is 2.14. The predicted molar refractivity (Wildman–Crippen MR) is 90.1 cm³/mol. The van der Waals surface area contributed by atoms with Crippen molar-refractivity contribution in [2.24, 2.45) is 0 Å². The van der Waals surface area contributed by atoms with Gasteiger partial charge in [-0.3, -0.25) is 0 Å². The summed E-state index contributed by atoms with van der Waals surface area (Å²) in [5, 5.41) is 3.18. The van der Waals surface area contributed by atoms with Crippen molar-refractivity contribution in [3.63, 3.8) is 0 Å². The Morgan fingerprint density at radius 2 is 1.95 bits per heavy atom. The van der Waals surface area contributed by atoms with Gasteiger partial charge in [-0.25, -0.2) is 4.39 Å². The van der Waals surface area contributed by atoms with Crippen molar-refractivity contribution < 1.29 is 4.39 Å². The molecule has 0 saturated heterocycles. The maximum absolute atomic E-state index is 13.5. The largest absolute Gasteiger partial charge is 0.370 e. The number of hydrogen-bond acceptors (Lipinski definition) is 2. The quantitative estimate of drug-likeness (QED) is 0.853. The monoisotopic (exact) mass is 350 g/mol. The van der Waals surface area contributed by atoms with Gasteiger partial charge in [-0.1, -0.05) is 34.1 Å². The van der Waals surface area contributed by atoms with E-state index in [-0.39, 0.29) is 11.9 Å². The van der Waals surface area contributed by atoms with E-state index in [0.29, 0.717) is 0 Å². The lowest BCUT2D eigenvalue weighted by Gasteiger charge is -2.25. The van der Waals surface area contributed by atoms with Gasteiger partial charge in [0.05, 0.1) is 0 Å². The fraction of sp³-hybridized carbons (Fsp3) is 0.294. The standard InChI is InChI=1S/C17H20BrFN2/c1-12(20-2)15-10-14(19)8-9-17(15)21(3)11-13-6-4-5-7-16(13)18/h4-10,12,20H,11H2,1-3H3. The molecule has 0 aliphatic rings. The van der Waals surface area contributed by atoms with Crippen LogP contribution in [0.4, 0.5) is 10.1 Å². The third kappa shape index (κ3) is 3.83. The van der Waals surface area contributed by atoms with Gasteiger partial charge in [-0.15, -0.1) is 0 Å². The Balaban J connectivity index is 2.31. The predicted octanol–water partition coefficient (Wildman–Crippen LogP) is 4.51. The highest BCUT2D eigenvalue weighted by Crippen LogP contribution is 2.28. The SMILES string of the molecule is CNC(C)c1cc(F)ccc1N(C)Cc1ccccc1Br. The molecule has 0 spiro atoms. The minimum atomic E-state index is -0.204. The number of rotatable bonds is 5. The van der Waals surface area contributed by atoms with Crippen molar-refractivity contribution in [1.29, 1.82) is 0 Å². The molecule has 2 nitrogen and oxygen atoms in total. The van der Waals surface area contributed by atoms with Crippen molar-refractivity contribution in [2.75, 3.05) is 19.0 Å². The smallest absolute Gasteiger partial charge is 0.123 e.